The highest BCUT2D eigenvalue weighted by atomic mass is 16.2. The number of unbranched alkanes of at least 4 members (excludes halogenated alkanes) is 28. The number of nitrogens with two attached hydrogens (primary N) is 4. The first-order valence-corrected chi connectivity index (χ1v) is 29.9. The Labute approximate surface area is 431 Å². The maximum atomic E-state index is 13.6. The highest BCUT2D eigenvalue weighted by Gasteiger charge is 2.23. The van der Waals surface area contributed by atoms with Crippen LogP contribution in [0.2, 0.25) is 0 Å². The molecule has 0 fully saturated rings. The maximum Gasteiger partial charge on any atom is 0.239 e. The topological polar surface area (TPSA) is 203 Å². The van der Waals surface area contributed by atoms with Gasteiger partial charge in [0.2, 0.25) is 23.6 Å². The zero-order valence-electron chi connectivity index (χ0n) is 46.1. The molecule has 0 aromatic carbocycles. The number of nitrogens with one attached hydrogen (secondary N) is 2. The molecular weight excluding hydrogens is 873 g/mol. The largest absolute Gasteiger partial charge is 0.356 e. The van der Waals surface area contributed by atoms with Crippen molar-refractivity contribution < 1.29 is 19.2 Å². The van der Waals surface area contributed by atoms with E-state index in [1.807, 2.05) is 9.80 Å². The number of nitrogens with zero attached hydrogens (tertiary/aromatic N) is 2. The van der Waals surface area contributed by atoms with Crippen LogP contribution < -0.4 is 33.6 Å². The Morgan fingerprint density at radius 1 is 0.386 bits per heavy atom. The molecule has 0 aliphatic carbocycles. The lowest BCUT2D eigenvalue weighted by atomic mass is 10.0. The Kier molecular flexibility index (Phi) is 50.9. The molecule has 12 heteroatoms. The Hall–Kier alpha value is -2.54. The molecule has 0 aliphatic heterocycles. The van der Waals surface area contributed by atoms with Gasteiger partial charge in [-0.2, -0.15) is 0 Å². The normalized spacial score (nSPS) is 12.4. The lowest BCUT2D eigenvalue weighted by Gasteiger charge is -2.28. The molecule has 0 radical (unpaired) electrons. The van der Waals surface area contributed by atoms with E-state index < -0.39 is 12.1 Å². The number of hydrogen-bond donors (Lipinski definition) is 6. The van der Waals surface area contributed by atoms with Crippen LogP contribution in [-0.4, -0.2) is 97.9 Å². The Morgan fingerprint density at radius 2 is 0.686 bits per heavy atom. The summed E-state index contributed by atoms with van der Waals surface area (Å²) in [6.07, 6.45) is 48.4. The van der Waals surface area contributed by atoms with Gasteiger partial charge in [0, 0.05) is 52.1 Å². The van der Waals surface area contributed by atoms with Gasteiger partial charge in [-0.1, -0.05) is 180 Å². The zero-order chi connectivity index (χ0) is 51.4. The van der Waals surface area contributed by atoms with E-state index in [4.69, 9.17) is 22.9 Å². The van der Waals surface area contributed by atoms with Crippen LogP contribution >= 0.6 is 0 Å². The van der Waals surface area contributed by atoms with Crippen molar-refractivity contribution in [3.63, 3.8) is 0 Å². The SMILES string of the molecule is CCCCCCCC/C=C\CCCCCCCC(=O)NCCCN(CCCCN(CCCNC(=O)CCCCCCCCCCCCCCCCC)C(=O)C(N)CCCCN)C(=O)[C@@H](N)CCCCN. The summed E-state index contributed by atoms with van der Waals surface area (Å²) < 4.78 is 0. The van der Waals surface area contributed by atoms with E-state index in [-0.39, 0.29) is 23.6 Å². The fourth-order valence-electron chi connectivity index (χ4n) is 9.19. The molecular formula is C58H116N8O4. The summed E-state index contributed by atoms with van der Waals surface area (Å²) in [4.78, 5) is 56.1. The standard InChI is InChI=1S/C58H116N8O4/c1-3-5-7-9-11-13-15-17-19-21-23-25-27-29-31-43-55(67)63-47-39-51-65(57(69)53(61)41-33-35-45-59)49-37-38-50-66(58(70)54(62)42-34-36-46-60)52-40-48-64-56(68)44-32-30-28-26-24-22-20-18-16-14-12-10-8-6-4-2/h17,19,53-54H,3-16,18,20-52,59-62H2,1-2H3,(H,63,67)(H,64,68)/b19-17-/t53-,54?/m0/s1. The molecule has 70 heavy (non-hydrogen) atoms. The molecule has 4 amide bonds. The van der Waals surface area contributed by atoms with Gasteiger partial charge in [0.15, 0.2) is 0 Å². The van der Waals surface area contributed by atoms with Gasteiger partial charge in [0.05, 0.1) is 12.1 Å². The van der Waals surface area contributed by atoms with E-state index in [1.54, 1.807) is 0 Å². The number of hydrogen-bond acceptors (Lipinski definition) is 8. The van der Waals surface area contributed by atoms with E-state index in [0.29, 0.717) is 104 Å². The van der Waals surface area contributed by atoms with Crippen LogP contribution in [0.5, 0.6) is 0 Å². The molecule has 0 aliphatic rings. The van der Waals surface area contributed by atoms with E-state index in [9.17, 15) is 19.2 Å². The zero-order valence-corrected chi connectivity index (χ0v) is 46.1. The van der Waals surface area contributed by atoms with Crippen LogP contribution in [-0.2, 0) is 19.2 Å². The van der Waals surface area contributed by atoms with Crippen molar-refractivity contribution in [2.45, 2.75) is 283 Å². The second-order valence-corrected chi connectivity index (χ2v) is 20.6. The van der Waals surface area contributed by atoms with Crippen molar-refractivity contribution >= 4 is 23.6 Å². The summed E-state index contributed by atoms with van der Waals surface area (Å²) >= 11 is 0. The molecule has 0 spiro atoms. The van der Waals surface area contributed by atoms with E-state index in [1.165, 1.54) is 141 Å². The minimum absolute atomic E-state index is 0.0692. The molecule has 0 aromatic heterocycles. The van der Waals surface area contributed by atoms with E-state index in [0.717, 1.165) is 64.2 Å². The molecule has 1 unspecified atom stereocenters. The van der Waals surface area contributed by atoms with Crippen LogP contribution in [0.1, 0.15) is 271 Å². The number of carbonyl (C=O) groups excluding carboxylic acids is 4. The molecule has 2 atom stereocenters. The average molecular weight is 990 g/mol. The van der Waals surface area contributed by atoms with Gasteiger partial charge in [-0.15, -0.1) is 0 Å². The van der Waals surface area contributed by atoms with Gasteiger partial charge in [-0.05, 0) is 103 Å². The second-order valence-electron chi connectivity index (χ2n) is 20.6. The van der Waals surface area contributed by atoms with Gasteiger partial charge in [-0.3, -0.25) is 19.2 Å². The van der Waals surface area contributed by atoms with Crippen molar-refractivity contribution in [2.75, 3.05) is 52.4 Å². The number of carbonyl (C=O) groups is 4. The summed E-state index contributed by atoms with van der Waals surface area (Å²) in [6, 6.07) is -1.19. The highest BCUT2D eigenvalue weighted by molar-refractivity contribution is 5.82. The smallest absolute Gasteiger partial charge is 0.239 e. The van der Waals surface area contributed by atoms with Gasteiger partial charge >= 0.3 is 0 Å². The van der Waals surface area contributed by atoms with Crippen LogP contribution in [0.4, 0.5) is 0 Å². The van der Waals surface area contributed by atoms with Crippen LogP contribution in [0.3, 0.4) is 0 Å². The molecule has 0 bridgehead atoms. The third-order valence-electron chi connectivity index (χ3n) is 13.8. The molecule has 0 aromatic rings. The lowest BCUT2D eigenvalue weighted by Crippen LogP contribution is -2.46. The first-order chi connectivity index (χ1) is 34.2. The van der Waals surface area contributed by atoms with Gasteiger partial charge in [0.1, 0.15) is 0 Å². The minimum atomic E-state index is -0.596. The summed E-state index contributed by atoms with van der Waals surface area (Å²) in [6.45, 7) is 8.75. The molecule has 0 saturated carbocycles. The Bertz CT molecular complexity index is 1220. The maximum absolute atomic E-state index is 13.6. The fraction of sp³-hybridized carbons (Fsp3) is 0.897. The molecule has 412 valence electrons. The first kappa shape index (κ1) is 67.5. The van der Waals surface area contributed by atoms with Crippen LogP contribution in [0, 0.1) is 0 Å². The van der Waals surface area contributed by atoms with Crippen LogP contribution in [0.15, 0.2) is 12.2 Å². The monoisotopic (exact) mass is 989 g/mol. The molecule has 12 nitrogen and oxygen atoms in total. The summed E-state index contributed by atoms with van der Waals surface area (Å²) in [5.74, 6) is -0.00471. The summed E-state index contributed by atoms with van der Waals surface area (Å²) in [5.41, 5.74) is 24.2. The Morgan fingerprint density at radius 3 is 1.01 bits per heavy atom. The second kappa shape index (κ2) is 52.8. The predicted octanol–water partition coefficient (Wildman–Crippen LogP) is 11.6. The van der Waals surface area contributed by atoms with Crippen molar-refractivity contribution in [3.8, 4) is 0 Å². The third-order valence-corrected chi connectivity index (χ3v) is 13.8. The van der Waals surface area contributed by atoms with Crippen molar-refractivity contribution in [3.05, 3.63) is 12.2 Å². The molecule has 10 N–H and O–H groups in total. The Balaban J connectivity index is 4.71. The lowest BCUT2D eigenvalue weighted by molar-refractivity contribution is -0.134. The van der Waals surface area contributed by atoms with Crippen LogP contribution in [0.25, 0.3) is 0 Å². The van der Waals surface area contributed by atoms with Gasteiger partial charge in [0.25, 0.3) is 0 Å². The molecule has 0 saturated heterocycles. The number of allylic oxidation sites excluding steroid dienone is 2. The molecule has 0 rings (SSSR count). The third kappa shape index (κ3) is 44.2. The highest BCUT2D eigenvalue weighted by Crippen LogP contribution is 2.15. The predicted molar refractivity (Wildman–Crippen MR) is 298 cm³/mol. The van der Waals surface area contributed by atoms with E-state index in [2.05, 4.69) is 36.6 Å². The number of rotatable bonds is 54. The first-order valence-electron chi connectivity index (χ1n) is 29.9. The number of amides is 4. The average Bonchev–Trinajstić information content (AvgIpc) is 3.35. The van der Waals surface area contributed by atoms with Crippen molar-refractivity contribution in [1.82, 2.24) is 20.4 Å². The van der Waals surface area contributed by atoms with Gasteiger partial charge in [-0.25, -0.2) is 0 Å². The van der Waals surface area contributed by atoms with Crippen molar-refractivity contribution in [2.24, 2.45) is 22.9 Å². The summed E-state index contributed by atoms with van der Waals surface area (Å²) in [7, 11) is 0. The molecule has 0 heterocycles. The van der Waals surface area contributed by atoms with Gasteiger partial charge < -0.3 is 43.4 Å². The quantitative estimate of drug-likeness (QED) is 0.0255. The minimum Gasteiger partial charge on any atom is -0.356 e. The fourth-order valence-corrected chi connectivity index (χ4v) is 9.19. The summed E-state index contributed by atoms with van der Waals surface area (Å²) in [5, 5.41) is 6.13. The van der Waals surface area contributed by atoms with Crippen molar-refractivity contribution in [1.29, 1.82) is 0 Å². The van der Waals surface area contributed by atoms with E-state index >= 15 is 0 Å².